The Labute approximate surface area is 120 Å². The lowest BCUT2D eigenvalue weighted by Crippen LogP contribution is -2.34. The second kappa shape index (κ2) is 4.63. The van der Waals surface area contributed by atoms with Gasteiger partial charge in [-0.2, -0.15) is 4.99 Å². The summed E-state index contributed by atoms with van der Waals surface area (Å²) in [7, 11) is 0. The Morgan fingerprint density at radius 1 is 1.47 bits per heavy atom. The molecule has 1 atom stereocenters. The molecule has 0 aromatic heterocycles. The van der Waals surface area contributed by atoms with E-state index in [1.54, 1.807) is 4.90 Å². The zero-order valence-electron chi connectivity index (χ0n) is 10.8. The molecule has 4 nitrogen and oxygen atoms in total. The number of amidine groups is 1. The van der Waals surface area contributed by atoms with Crippen LogP contribution in [0.2, 0.25) is 0 Å². The lowest BCUT2D eigenvalue weighted by atomic mass is 10.0. The van der Waals surface area contributed by atoms with Gasteiger partial charge in [-0.3, -0.25) is 0 Å². The summed E-state index contributed by atoms with van der Waals surface area (Å²) in [5, 5.41) is 0. The van der Waals surface area contributed by atoms with Gasteiger partial charge in [-0.1, -0.05) is 28.1 Å². The van der Waals surface area contributed by atoms with Crippen molar-refractivity contribution in [2.75, 3.05) is 6.54 Å². The van der Waals surface area contributed by atoms with E-state index in [2.05, 4.69) is 20.9 Å². The summed E-state index contributed by atoms with van der Waals surface area (Å²) in [5.74, 6) is 1.03. The average molecular weight is 322 g/mol. The first kappa shape index (κ1) is 12.7. The first-order valence-electron chi connectivity index (χ1n) is 6.47. The molecule has 1 aromatic carbocycles. The standard InChI is InChI=1S/C14H16BrN3O/c1-8-2-5-10(6-11(8)15)12-13(16)17-14(19)18(12)7-9-3-4-9/h2,5-6,9,12H,3-4,7H2,1H3,(H2,16,17,19). The van der Waals surface area contributed by atoms with Crippen molar-refractivity contribution in [2.24, 2.45) is 16.6 Å². The van der Waals surface area contributed by atoms with Crippen molar-refractivity contribution in [1.29, 1.82) is 0 Å². The van der Waals surface area contributed by atoms with Crippen LogP contribution >= 0.6 is 15.9 Å². The van der Waals surface area contributed by atoms with Crippen LogP contribution in [-0.2, 0) is 0 Å². The number of aryl methyl sites for hydroxylation is 1. The summed E-state index contributed by atoms with van der Waals surface area (Å²) in [5.41, 5.74) is 8.13. The topological polar surface area (TPSA) is 58.7 Å². The highest BCUT2D eigenvalue weighted by molar-refractivity contribution is 9.10. The molecule has 2 N–H and O–H groups in total. The molecule has 0 radical (unpaired) electrons. The molecule has 3 rings (SSSR count). The van der Waals surface area contributed by atoms with Gasteiger partial charge in [-0.15, -0.1) is 0 Å². The van der Waals surface area contributed by atoms with E-state index in [4.69, 9.17) is 5.73 Å². The summed E-state index contributed by atoms with van der Waals surface area (Å²) >= 11 is 3.53. The van der Waals surface area contributed by atoms with E-state index in [9.17, 15) is 4.79 Å². The van der Waals surface area contributed by atoms with Crippen LogP contribution in [0.3, 0.4) is 0 Å². The highest BCUT2D eigenvalue weighted by atomic mass is 79.9. The van der Waals surface area contributed by atoms with Crippen LogP contribution in [0.25, 0.3) is 0 Å². The molecule has 1 heterocycles. The predicted octanol–water partition coefficient (Wildman–Crippen LogP) is 3.00. The van der Waals surface area contributed by atoms with Crippen LogP contribution in [0.5, 0.6) is 0 Å². The summed E-state index contributed by atoms with van der Waals surface area (Å²) in [6, 6.07) is 5.67. The van der Waals surface area contributed by atoms with Gasteiger partial charge in [-0.25, -0.2) is 4.79 Å². The number of rotatable bonds is 3. The minimum Gasteiger partial charge on any atom is -0.385 e. The molecular weight excluding hydrogens is 306 g/mol. The zero-order valence-corrected chi connectivity index (χ0v) is 12.4. The van der Waals surface area contributed by atoms with Crippen LogP contribution in [0.15, 0.2) is 27.7 Å². The number of hydrogen-bond acceptors (Lipinski definition) is 2. The van der Waals surface area contributed by atoms with Gasteiger partial charge in [0.2, 0.25) is 0 Å². The number of amides is 2. The van der Waals surface area contributed by atoms with E-state index in [0.717, 1.165) is 22.1 Å². The summed E-state index contributed by atoms with van der Waals surface area (Å²) in [6.45, 7) is 2.80. The van der Waals surface area contributed by atoms with Gasteiger partial charge in [0.1, 0.15) is 11.9 Å². The normalized spacial score (nSPS) is 22.8. The number of nitrogens with two attached hydrogens (primary N) is 1. The van der Waals surface area contributed by atoms with Gasteiger partial charge in [-0.05, 0) is 42.9 Å². The van der Waals surface area contributed by atoms with Crippen molar-refractivity contribution in [3.8, 4) is 0 Å². The second-order valence-electron chi connectivity index (χ2n) is 5.33. The van der Waals surface area contributed by atoms with E-state index in [-0.39, 0.29) is 12.1 Å². The zero-order chi connectivity index (χ0) is 13.6. The van der Waals surface area contributed by atoms with Crippen molar-refractivity contribution in [1.82, 2.24) is 4.90 Å². The molecule has 19 heavy (non-hydrogen) atoms. The van der Waals surface area contributed by atoms with E-state index in [1.807, 2.05) is 25.1 Å². The molecule has 1 unspecified atom stereocenters. The van der Waals surface area contributed by atoms with Gasteiger partial charge in [0.15, 0.2) is 0 Å². The van der Waals surface area contributed by atoms with Crippen molar-refractivity contribution >= 4 is 27.8 Å². The van der Waals surface area contributed by atoms with Crippen molar-refractivity contribution in [3.63, 3.8) is 0 Å². The molecule has 1 aromatic rings. The fraction of sp³-hybridized carbons (Fsp3) is 0.429. The van der Waals surface area contributed by atoms with E-state index in [1.165, 1.54) is 12.8 Å². The van der Waals surface area contributed by atoms with Crippen molar-refractivity contribution < 1.29 is 4.79 Å². The number of urea groups is 1. The summed E-state index contributed by atoms with van der Waals surface area (Å²) in [6.07, 6.45) is 2.40. The molecule has 2 amide bonds. The van der Waals surface area contributed by atoms with Crippen LogP contribution < -0.4 is 5.73 Å². The van der Waals surface area contributed by atoms with Crippen LogP contribution in [-0.4, -0.2) is 23.3 Å². The summed E-state index contributed by atoms with van der Waals surface area (Å²) < 4.78 is 1.03. The lowest BCUT2D eigenvalue weighted by Gasteiger charge is -2.24. The second-order valence-corrected chi connectivity index (χ2v) is 6.18. The third kappa shape index (κ3) is 2.39. The van der Waals surface area contributed by atoms with Gasteiger partial charge in [0, 0.05) is 11.0 Å². The SMILES string of the molecule is Cc1ccc(C2C(N)=NC(=O)N2CC2CC2)cc1Br. The minimum absolute atomic E-state index is 0.203. The maximum Gasteiger partial charge on any atom is 0.346 e. The van der Waals surface area contributed by atoms with E-state index in [0.29, 0.717) is 11.8 Å². The molecule has 1 fully saturated rings. The van der Waals surface area contributed by atoms with Gasteiger partial charge < -0.3 is 10.6 Å². The number of aliphatic imine (C=N–C) groups is 1. The number of halogens is 1. The quantitative estimate of drug-likeness (QED) is 0.930. The Morgan fingerprint density at radius 2 is 2.21 bits per heavy atom. The fourth-order valence-electron chi connectivity index (χ4n) is 2.40. The van der Waals surface area contributed by atoms with Gasteiger partial charge >= 0.3 is 6.03 Å². The average Bonchev–Trinajstić information content (AvgIpc) is 3.11. The smallest absolute Gasteiger partial charge is 0.346 e. The summed E-state index contributed by atoms with van der Waals surface area (Å²) in [4.78, 5) is 17.7. The van der Waals surface area contributed by atoms with Gasteiger partial charge in [0.05, 0.1) is 0 Å². The maximum absolute atomic E-state index is 11.9. The van der Waals surface area contributed by atoms with Gasteiger partial charge in [0.25, 0.3) is 0 Å². The molecule has 1 aliphatic heterocycles. The Kier molecular flexibility index (Phi) is 3.09. The van der Waals surface area contributed by atoms with Crippen molar-refractivity contribution in [3.05, 3.63) is 33.8 Å². The predicted molar refractivity (Wildman–Crippen MR) is 78.1 cm³/mol. The Balaban J connectivity index is 1.92. The first-order valence-corrected chi connectivity index (χ1v) is 7.26. The fourth-order valence-corrected chi connectivity index (χ4v) is 2.79. The minimum atomic E-state index is -0.204. The monoisotopic (exact) mass is 321 g/mol. The lowest BCUT2D eigenvalue weighted by molar-refractivity contribution is 0.204. The van der Waals surface area contributed by atoms with Crippen molar-refractivity contribution in [2.45, 2.75) is 25.8 Å². The maximum atomic E-state index is 11.9. The van der Waals surface area contributed by atoms with E-state index < -0.39 is 0 Å². The largest absolute Gasteiger partial charge is 0.385 e. The highest BCUT2D eigenvalue weighted by Crippen LogP contribution is 2.36. The number of benzene rings is 1. The Hall–Kier alpha value is -1.36. The molecule has 1 saturated carbocycles. The Morgan fingerprint density at radius 3 is 2.84 bits per heavy atom. The molecule has 0 saturated heterocycles. The molecule has 5 heteroatoms. The third-order valence-electron chi connectivity index (χ3n) is 3.73. The number of carbonyl (C=O) groups excluding carboxylic acids is 1. The molecule has 0 spiro atoms. The molecule has 0 bridgehead atoms. The number of carbonyl (C=O) groups is 1. The van der Waals surface area contributed by atoms with Crippen LogP contribution in [0, 0.1) is 12.8 Å². The van der Waals surface area contributed by atoms with Crippen LogP contribution in [0.4, 0.5) is 4.79 Å². The third-order valence-corrected chi connectivity index (χ3v) is 4.58. The molecule has 2 aliphatic rings. The number of hydrogen-bond donors (Lipinski definition) is 1. The Bertz CT molecular complexity index is 566. The molecular formula is C14H16BrN3O. The highest BCUT2D eigenvalue weighted by Gasteiger charge is 2.38. The van der Waals surface area contributed by atoms with E-state index >= 15 is 0 Å². The van der Waals surface area contributed by atoms with Crippen LogP contribution in [0.1, 0.15) is 30.0 Å². The first-order chi connectivity index (χ1) is 9.06. The molecule has 100 valence electrons. The molecule has 1 aliphatic carbocycles. The number of nitrogens with zero attached hydrogens (tertiary/aromatic N) is 2.